The Morgan fingerprint density at radius 1 is 1.31 bits per heavy atom. The van der Waals surface area contributed by atoms with E-state index in [1.165, 1.54) is 23.3 Å². The molecule has 29 heavy (non-hydrogen) atoms. The number of para-hydroxylation sites is 1. The molecule has 0 aliphatic heterocycles. The van der Waals surface area contributed by atoms with Crippen LogP contribution in [-0.4, -0.2) is 20.8 Å². The Bertz CT molecular complexity index is 1070. The van der Waals surface area contributed by atoms with Crippen LogP contribution < -0.4 is 5.43 Å². The number of anilines is 1. The number of rotatable bonds is 5. The molecule has 6 heteroatoms. The normalized spacial score (nSPS) is 17.4. The molecule has 0 saturated heterocycles. The highest BCUT2D eigenvalue weighted by Crippen LogP contribution is 2.45. The van der Waals surface area contributed by atoms with E-state index in [1.54, 1.807) is 29.8 Å². The fourth-order valence-electron chi connectivity index (χ4n) is 4.13. The van der Waals surface area contributed by atoms with Gasteiger partial charge >= 0.3 is 0 Å². The Labute approximate surface area is 175 Å². The molecule has 0 amide bonds. The first-order valence-electron chi connectivity index (χ1n) is 10.2. The lowest BCUT2D eigenvalue weighted by Gasteiger charge is -2.36. The Hall–Kier alpha value is -2.47. The molecule has 152 valence electrons. The standard InChI is InChI=1S/C23H28N4OS/c1-5-23(3,4)15-10-11-19-17(12-15)20-21(24-13-25-22(20)29-19)27-26-14(2)16-8-6-7-9-18(16)28/h6-9,13,15,28H,5,10-12H2,1-4H3,(H,24,25,27)/b26-14-/t15-/m0/s1. The number of nitrogens with one attached hydrogen (secondary N) is 1. The highest BCUT2D eigenvalue weighted by atomic mass is 32.1. The molecule has 0 bridgehead atoms. The van der Waals surface area contributed by atoms with Gasteiger partial charge in [-0.05, 0) is 55.2 Å². The first-order valence-corrected chi connectivity index (χ1v) is 11.1. The maximum atomic E-state index is 10.1. The van der Waals surface area contributed by atoms with Gasteiger partial charge in [0.25, 0.3) is 0 Å². The van der Waals surface area contributed by atoms with Crippen LogP contribution in [0, 0.1) is 11.3 Å². The van der Waals surface area contributed by atoms with Crippen LogP contribution in [-0.2, 0) is 12.8 Å². The fraction of sp³-hybridized carbons (Fsp3) is 0.435. The Kier molecular flexibility index (Phi) is 5.30. The van der Waals surface area contributed by atoms with E-state index in [0.29, 0.717) is 22.6 Å². The number of fused-ring (bicyclic) bond motifs is 3. The number of phenols is 1. The lowest BCUT2D eigenvalue weighted by atomic mass is 9.69. The highest BCUT2D eigenvalue weighted by molar-refractivity contribution is 7.19. The first kappa shape index (κ1) is 19.8. The van der Waals surface area contributed by atoms with Crippen LogP contribution in [0.15, 0.2) is 35.7 Å². The molecule has 1 aromatic carbocycles. The zero-order valence-corrected chi connectivity index (χ0v) is 18.3. The Balaban J connectivity index is 1.69. The van der Waals surface area contributed by atoms with E-state index in [-0.39, 0.29) is 5.75 Å². The average molecular weight is 409 g/mol. The predicted octanol–water partition coefficient (Wildman–Crippen LogP) is 5.77. The minimum Gasteiger partial charge on any atom is -0.507 e. The summed E-state index contributed by atoms with van der Waals surface area (Å²) in [5, 5.41) is 15.7. The van der Waals surface area contributed by atoms with E-state index in [2.05, 4.69) is 41.3 Å². The lowest BCUT2D eigenvalue weighted by molar-refractivity contribution is 0.184. The number of hydrogen-bond acceptors (Lipinski definition) is 6. The van der Waals surface area contributed by atoms with Crippen molar-refractivity contribution in [2.45, 2.75) is 53.4 Å². The van der Waals surface area contributed by atoms with Gasteiger partial charge in [-0.1, -0.05) is 39.3 Å². The average Bonchev–Trinajstić information content (AvgIpc) is 3.10. The maximum Gasteiger partial charge on any atom is 0.158 e. The van der Waals surface area contributed by atoms with Gasteiger partial charge in [0, 0.05) is 10.4 Å². The minimum absolute atomic E-state index is 0.223. The van der Waals surface area contributed by atoms with Crippen molar-refractivity contribution in [2.75, 3.05) is 5.43 Å². The summed E-state index contributed by atoms with van der Waals surface area (Å²) in [6, 6.07) is 7.22. The predicted molar refractivity (Wildman–Crippen MR) is 121 cm³/mol. The number of hydrogen-bond donors (Lipinski definition) is 2. The van der Waals surface area contributed by atoms with E-state index in [1.807, 2.05) is 19.1 Å². The van der Waals surface area contributed by atoms with Crippen molar-refractivity contribution in [2.24, 2.45) is 16.4 Å². The summed E-state index contributed by atoms with van der Waals surface area (Å²) in [4.78, 5) is 11.5. The van der Waals surface area contributed by atoms with Crippen molar-refractivity contribution in [3.05, 3.63) is 46.6 Å². The number of phenolic OH excluding ortho intramolecular Hbond substituents is 1. The Morgan fingerprint density at radius 3 is 2.86 bits per heavy atom. The van der Waals surface area contributed by atoms with Gasteiger partial charge < -0.3 is 5.11 Å². The zero-order valence-electron chi connectivity index (χ0n) is 17.5. The van der Waals surface area contributed by atoms with Gasteiger partial charge in [0.1, 0.15) is 16.9 Å². The second-order valence-corrected chi connectivity index (χ2v) is 9.60. The Morgan fingerprint density at radius 2 is 2.10 bits per heavy atom. The van der Waals surface area contributed by atoms with Gasteiger partial charge in [0.2, 0.25) is 0 Å². The molecule has 2 heterocycles. The number of hydrazone groups is 1. The van der Waals surface area contributed by atoms with E-state index >= 15 is 0 Å². The molecule has 0 radical (unpaired) electrons. The van der Waals surface area contributed by atoms with Crippen LogP contribution in [0.4, 0.5) is 5.82 Å². The van der Waals surface area contributed by atoms with Crippen molar-refractivity contribution < 1.29 is 5.11 Å². The third-order valence-electron chi connectivity index (χ3n) is 6.48. The topological polar surface area (TPSA) is 70.4 Å². The number of thiophene rings is 1. The van der Waals surface area contributed by atoms with E-state index in [4.69, 9.17) is 0 Å². The SMILES string of the molecule is CCC(C)(C)[C@H]1CCc2sc3ncnc(N/N=C(/C)c4ccccc4O)c3c2C1. The van der Waals surface area contributed by atoms with Gasteiger partial charge in [-0.3, -0.25) is 5.43 Å². The number of aromatic nitrogens is 2. The summed E-state index contributed by atoms with van der Waals surface area (Å²) in [6.45, 7) is 8.93. The molecular formula is C23H28N4OS. The summed E-state index contributed by atoms with van der Waals surface area (Å²) in [5.41, 5.74) is 6.29. The number of aromatic hydroxyl groups is 1. The van der Waals surface area contributed by atoms with Gasteiger partial charge in [-0.15, -0.1) is 11.3 Å². The largest absolute Gasteiger partial charge is 0.507 e. The van der Waals surface area contributed by atoms with Crippen LogP contribution in [0.3, 0.4) is 0 Å². The van der Waals surface area contributed by atoms with E-state index in [0.717, 1.165) is 28.9 Å². The van der Waals surface area contributed by atoms with Crippen LogP contribution in [0.2, 0.25) is 0 Å². The first-order chi connectivity index (χ1) is 13.9. The molecule has 2 N–H and O–H groups in total. The minimum atomic E-state index is 0.223. The molecule has 0 saturated carbocycles. The van der Waals surface area contributed by atoms with Gasteiger partial charge in [-0.2, -0.15) is 5.10 Å². The second-order valence-electron chi connectivity index (χ2n) is 8.51. The monoisotopic (exact) mass is 408 g/mol. The third-order valence-corrected chi connectivity index (χ3v) is 7.68. The zero-order chi connectivity index (χ0) is 20.6. The smallest absolute Gasteiger partial charge is 0.158 e. The molecule has 2 aromatic heterocycles. The molecule has 0 fully saturated rings. The molecule has 5 nitrogen and oxygen atoms in total. The van der Waals surface area contributed by atoms with Gasteiger partial charge in [0.05, 0.1) is 11.1 Å². The van der Waals surface area contributed by atoms with Crippen LogP contribution >= 0.6 is 11.3 Å². The molecule has 1 atom stereocenters. The number of nitrogens with zero attached hydrogens (tertiary/aromatic N) is 3. The van der Waals surface area contributed by atoms with Crippen molar-refractivity contribution >= 4 is 33.1 Å². The molecule has 1 aliphatic carbocycles. The molecular weight excluding hydrogens is 380 g/mol. The maximum absolute atomic E-state index is 10.1. The summed E-state index contributed by atoms with van der Waals surface area (Å²) in [5.74, 6) is 1.63. The quantitative estimate of drug-likeness (QED) is 0.415. The number of aryl methyl sites for hydroxylation is 1. The van der Waals surface area contributed by atoms with E-state index in [9.17, 15) is 5.11 Å². The lowest BCUT2D eigenvalue weighted by Crippen LogP contribution is -2.28. The molecule has 0 unspecified atom stereocenters. The molecule has 0 spiro atoms. The van der Waals surface area contributed by atoms with E-state index < -0.39 is 0 Å². The second kappa shape index (κ2) is 7.75. The molecule has 1 aliphatic rings. The highest BCUT2D eigenvalue weighted by Gasteiger charge is 2.33. The third kappa shape index (κ3) is 3.73. The van der Waals surface area contributed by atoms with Crippen molar-refractivity contribution in [1.29, 1.82) is 0 Å². The van der Waals surface area contributed by atoms with Crippen molar-refractivity contribution in [3.8, 4) is 5.75 Å². The summed E-state index contributed by atoms with van der Waals surface area (Å²) >= 11 is 1.79. The summed E-state index contributed by atoms with van der Waals surface area (Å²) in [7, 11) is 0. The van der Waals surface area contributed by atoms with Gasteiger partial charge in [-0.25, -0.2) is 9.97 Å². The van der Waals surface area contributed by atoms with Crippen molar-refractivity contribution in [3.63, 3.8) is 0 Å². The molecule has 3 aromatic rings. The summed E-state index contributed by atoms with van der Waals surface area (Å²) < 4.78 is 0. The fourth-order valence-corrected chi connectivity index (χ4v) is 5.31. The number of benzene rings is 1. The van der Waals surface area contributed by atoms with Crippen LogP contribution in [0.1, 0.15) is 56.5 Å². The van der Waals surface area contributed by atoms with Gasteiger partial charge in [0.15, 0.2) is 5.82 Å². The summed E-state index contributed by atoms with van der Waals surface area (Å²) in [6.07, 6.45) is 6.21. The van der Waals surface area contributed by atoms with Crippen LogP contribution in [0.25, 0.3) is 10.2 Å². The molecule has 4 rings (SSSR count). The van der Waals surface area contributed by atoms with Crippen molar-refractivity contribution in [1.82, 2.24) is 9.97 Å². The van der Waals surface area contributed by atoms with Crippen LogP contribution in [0.5, 0.6) is 5.75 Å².